The second-order valence-corrected chi connectivity index (χ2v) is 4.52. The summed E-state index contributed by atoms with van der Waals surface area (Å²) in [6.07, 6.45) is 1.93. The maximum absolute atomic E-state index is 5.71. The standard InChI is InChI=1S/C14H19N3/c1-10-6-4-5-7-14(10)17-12(3)13(9-16-17)11(2)8-15/h4-7,9,11H,8,15H2,1-3H3. The molecule has 3 heteroatoms. The van der Waals surface area contributed by atoms with Crippen molar-refractivity contribution in [3.63, 3.8) is 0 Å². The van der Waals surface area contributed by atoms with E-state index in [1.165, 1.54) is 16.8 Å². The van der Waals surface area contributed by atoms with Crippen LogP contribution in [0.25, 0.3) is 5.69 Å². The molecule has 2 N–H and O–H groups in total. The van der Waals surface area contributed by atoms with E-state index in [0.29, 0.717) is 12.5 Å². The first-order valence-corrected chi connectivity index (χ1v) is 5.95. The van der Waals surface area contributed by atoms with Crippen molar-refractivity contribution in [3.05, 3.63) is 47.3 Å². The normalized spacial score (nSPS) is 12.7. The molecule has 1 aromatic carbocycles. The Kier molecular flexibility index (Phi) is 3.29. The van der Waals surface area contributed by atoms with Gasteiger partial charge in [0.15, 0.2) is 0 Å². The van der Waals surface area contributed by atoms with Crippen LogP contribution in [0.1, 0.15) is 29.7 Å². The zero-order valence-electron chi connectivity index (χ0n) is 10.6. The van der Waals surface area contributed by atoms with Gasteiger partial charge in [-0.25, -0.2) is 4.68 Å². The average Bonchev–Trinajstić information content (AvgIpc) is 2.71. The molecule has 0 bridgehead atoms. The van der Waals surface area contributed by atoms with Crippen molar-refractivity contribution >= 4 is 0 Å². The summed E-state index contributed by atoms with van der Waals surface area (Å²) in [4.78, 5) is 0. The molecule has 3 nitrogen and oxygen atoms in total. The number of hydrogen-bond donors (Lipinski definition) is 1. The fourth-order valence-corrected chi connectivity index (χ4v) is 2.08. The Labute approximate surface area is 102 Å². The van der Waals surface area contributed by atoms with E-state index in [2.05, 4.69) is 38.0 Å². The van der Waals surface area contributed by atoms with Crippen LogP contribution >= 0.6 is 0 Å². The van der Waals surface area contributed by atoms with Gasteiger partial charge in [0.05, 0.1) is 11.9 Å². The summed E-state index contributed by atoms with van der Waals surface area (Å²) < 4.78 is 2.00. The van der Waals surface area contributed by atoms with Crippen molar-refractivity contribution < 1.29 is 0 Å². The van der Waals surface area contributed by atoms with Gasteiger partial charge in [0, 0.05) is 5.69 Å². The third kappa shape index (κ3) is 2.11. The van der Waals surface area contributed by atoms with Gasteiger partial charge in [0.25, 0.3) is 0 Å². The topological polar surface area (TPSA) is 43.8 Å². The maximum atomic E-state index is 5.71. The monoisotopic (exact) mass is 229 g/mol. The first-order chi connectivity index (χ1) is 8.15. The molecule has 0 saturated carbocycles. The number of benzene rings is 1. The van der Waals surface area contributed by atoms with E-state index in [4.69, 9.17) is 5.73 Å². The molecule has 0 aliphatic rings. The zero-order chi connectivity index (χ0) is 12.4. The highest BCUT2D eigenvalue weighted by atomic mass is 15.3. The minimum absolute atomic E-state index is 0.354. The Morgan fingerprint density at radius 2 is 2.00 bits per heavy atom. The van der Waals surface area contributed by atoms with Crippen molar-refractivity contribution in [2.75, 3.05) is 6.54 Å². The predicted octanol–water partition coefficient (Wildman–Crippen LogP) is 2.55. The van der Waals surface area contributed by atoms with E-state index in [0.717, 1.165) is 5.69 Å². The summed E-state index contributed by atoms with van der Waals surface area (Å²) in [5.41, 5.74) is 10.5. The number of aromatic nitrogens is 2. The SMILES string of the molecule is Cc1ccccc1-n1ncc(C(C)CN)c1C. The van der Waals surface area contributed by atoms with Crippen molar-refractivity contribution in [2.45, 2.75) is 26.7 Å². The Morgan fingerprint density at radius 1 is 1.29 bits per heavy atom. The van der Waals surface area contributed by atoms with Crippen LogP contribution in [0, 0.1) is 13.8 Å². The molecule has 0 spiro atoms. The van der Waals surface area contributed by atoms with E-state index in [-0.39, 0.29) is 0 Å². The zero-order valence-corrected chi connectivity index (χ0v) is 10.6. The number of nitrogens with two attached hydrogens (primary N) is 1. The Hall–Kier alpha value is -1.61. The van der Waals surface area contributed by atoms with Crippen LogP contribution in [-0.2, 0) is 0 Å². The minimum Gasteiger partial charge on any atom is -0.330 e. The summed E-state index contributed by atoms with van der Waals surface area (Å²) in [6.45, 7) is 6.98. The molecule has 2 rings (SSSR count). The lowest BCUT2D eigenvalue weighted by molar-refractivity contribution is 0.761. The first-order valence-electron chi connectivity index (χ1n) is 5.95. The van der Waals surface area contributed by atoms with Crippen LogP contribution in [0.15, 0.2) is 30.5 Å². The van der Waals surface area contributed by atoms with Crippen LogP contribution in [0.5, 0.6) is 0 Å². The van der Waals surface area contributed by atoms with Gasteiger partial charge in [-0.2, -0.15) is 5.10 Å². The quantitative estimate of drug-likeness (QED) is 0.879. The Morgan fingerprint density at radius 3 is 2.65 bits per heavy atom. The van der Waals surface area contributed by atoms with E-state index in [1.54, 1.807) is 0 Å². The van der Waals surface area contributed by atoms with E-state index in [9.17, 15) is 0 Å². The number of rotatable bonds is 3. The van der Waals surface area contributed by atoms with Gasteiger partial charge in [-0.1, -0.05) is 25.1 Å². The molecule has 17 heavy (non-hydrogen) atoms. The number of para-hydroxylation sites is 1. The molecule has 0 saturated heterocycles. The van der Waals surface area contributed by atoms with Crippen LogP contribution in [-0.4, -0.2) is 16.3 Å². The Bertz CT molecular complexity index is 514. The fraction of sp³-hybridized carbons (Fsp3) is 0.357. The number of aryl methyl sites for hydroxylation is 1. The molecule has 1 aromatic heterocycles. The van der Waals surface area contributed by atoms with Gasteiger partial charge in [0.2, 0.25) is 0 Å². The second kappa shape index (κ2) is 4.72. The van der Waals surface area contributed by atoms with Crippen molar-refractivity contribution in [3.8, 4) is 5.69 Å². The van der Waals surface area contributed by atoms with E-state index < -0.39 is 0 Å². The van der Waals surface area contributed by atoms with Crippen LogP contribution in [0.4, 0.5) is 0 Å². The summed E-state index contributed by atoms with van der Waals surface area (Å²) in [5, 5.41) is 4.48. The van der Waals surface area contributed by atoms with Gasteiger partial charge in [0.1, 0.15) is 0 Å². The highest BCUT2D eigenvalue weighted by molar-refractivity contribution is 5.42. The molecule has 1 atom stereocenters. The summed E-state index contributed by atoms with van der Waals surface area (Å²) in [7, 11) is 0. The first kappa shape index (κ1) is 11.9. The fourth-order valence-electron chi connectivity index (χ4n) is 2.08. The minimum atomic E-state index is 0.354. The summed E-state index contributed by atoms with van der Waals surface area (Å²) >= 11 is 0. The number of nitrogens with zero attached hydrogens (tertiary/aromatic N) is 2. The molecule has 90 valence electrons. The molecule has 0 aliphatic heterocycles. The lowest BCUT2D eigenvalue weighted by Crippen LogP contribution is -2.10. The molecule has 2 aromatic rings. The molecule has 1 unspecified atom stereocenters. The lowest BCUT2D eigenvalue weighted by atomic mass is 10.0. The maximum Gasteiger partial charge on any atom is 0.0677 e. The molecule has 0 fully saturated rings. The van der Waals surface area contributed by atoms with Gasteiger partial charge in [-0.3, -0.25) is 0 Å². The van der Waals surface area contributed by atoms with Crippen molar-refractivity contribution in [2.24, 2.45) is 5.73 Å². The lowest BCUT2D eigenvalue weighted by Gasteiger charge is -2.10. The molecular weight excluding hydrogens is 210 g/mol. The third-order valence-corrected chi connectivity index (χ3v) is 3.28. The van der Waals surface area contributed by atoms with Gasteiger partial charge in [-0.05, 0) is 43.5 Å². The van der Waals surface area contributed by atoms with Crippen LogP contribution < -0.4 is 5.73 Å². The Balaban J connectivity index is 2.48. The highest BCUT2D eigenvalue weighted by Gasteiger charge is 2.13. The largest absolute Gasteiger partial charge is 0.330 e. The third-order valence-electron chi connectivity index (χ3n) is 3.28. The predicted molar refractivity (Wildman–Crippen MR) is 70.5 cm³/mol. The molecule has 0 amide bonds. The average molecular weight is 229 g/mol. The van der Waals surface area contributed by atoms with E-state index in [1.807, 2.05) is 23.0 Å². The molecular formula is C14H19N3. The second-order valence-electron chi connectivity index (χ2n) is 4.52. The molecule has 0 aliphatic carbocycles. The van der Waals surface area contributed by atoms with E-state index >= 15 is 0 Å². The summed E-state index contributed by atoms with van der Waals surface area (Å²) in [5.74, 6) is 0.354. The smallest absolute Gasteiger partial charge is 0.0677 e. The molecule has 0 radical (unpaired) electrons. The van der Waals surface area contributed by atoms with Crippen molar-refractivity contribution in [1.82, 2.24) is 9.78 Å². The summed E-state index contributed by atoms with van der Waals surface area (Å²) in [6, 6.07) is 8.27. The highest BCUT2D eigenvalue weighted by Crippen LogP contribution is 2.22. The molecule has 1 heterocycles. The van der Waals surface area contributed by atoms with Gasteiger partial charge < -0.3 is 5.73 Å². The van der Waals surface area contributed by atoms with Gasteiger partial charge in [-0.15, -0.1) is 0 Å². The number of hydrogen-bond acceptors (Lipinski definition) is 2. The van der Waals surface area contributed by atoms with Crippen LogP contribution in [0.2, 0.25) is 0 Å². The van der Waals surface area contributed by atoms with Gasteiger partial charge >= 0.3 is 0 Å². The van der Waals surface area contributed by atoms with Crippen LogP contribution in [0.3, 0.4) is 0 Å². The van der Waals surface area contributed by atoms with Crippen molar-refractivity contribution in [1.29, 1.82) is 0 Å².